The molecule has 26 heavy (non-hydrogen) atoms. The highest BCUT2D eigenvalue weighted by atomic mass is 16.5. The van der Waals surface area contributed by atoms with Crippen molar-refractivity contribution in [1.29, 1.82) is 0 Å². The lowest BCUT2D eigenvalue weighted by atomic mass is 9.91. The second-order valence-corrected chi connectivity index (χ2v) is 7.17. The van der Waals surface area contributed by atoms with E-state index in [-0.39, 0.29) is 11.8 Å². The first kappa shape index (κ1) is 18.5. The SMILES string of the molecule is COCc1cnc(C)nc1C1CCCN(C(=O)c2ccc(C)cc2C)C1. The van der Waals surface area contributed by atoms with Crippen molar-refractivity contribution in [1.82, 2.24) is 14.9 Å². The molecule has 5 nitrogen and oxygen atoms in total. The van der Waals surface area contributed by atoms with E-state index in [0.717, 1.165) is 47.6 Å². The van der Waals surface area contributed by atoms with E-state index in [2.05, 4.69) is 16.0 Å². The van der Waals surface area contributed by atoms with Crippen LogP contribution in [-0.4, -0.2) is 41.0 Å². The summed E-state index contributed by atoms with van der Waals surface area (Å²) >= 11 is 0. The second-order valence-electron chi connectivity index (χ2n) is 7.17. The van der Waals surface area contributed by atoms with E-state index in [1.165, 1.54) is 5.56 Å². The van der Waals surface area contributed by atoms with Crippen molar-refractivity contribution in [2.24, 2.45) is 0 Å². The number of rotatable bonds is 4. The van der Waals surface area contributed by atoms with Gasteiger partial charge in [0.1, 0.15) is 5.82 Å². The zero-order valence-corrected chi connectivity index (χ0v) is 16.1. The van der Waals surface area contributed by atoms with Crippen LogP contribution in [0, 0.1) is 20.8 Å². The van der Waals surface area contributed by atoms with Gasteiger partial charge in [-0.05, 0) is 45.2 Å². The molecular formula is C21H27N3O2. The van der Waals surface area contributed by atoms with Crippen LogP contribution in [-0.2, 0) is 11.3 Å². The van der Waals surface area contributed by atoms with E-state index >= 15 is 0 Å². The highest BCUT2D eigenvalue weighted by Gasteiger charge is 2.28. The lowest BCUT2D eigenvalue weighted by Crippen LogP contribution is -2.40. The molecule has 0 spiro atoms. The van der Waals surface area contributed by atoms with Crippen LogP contribution in [0.15, 0.2) is 24.4 Å². The first-order valence-corrected chi connectivity index (χ1v) is 9.17. The normalized spacial score (nSPS) is 17.4. The number of ether oxygens (including phenoxy) is 1. The first-order chi connectivity index (χ1) is 12.5. The van der Waals surface area contributed by atoms with Crippen LogP contribution in [0.4, 0.5) is 0 Å². The maximum Gasteiger partial charge on any atom is 0.254 e. The minimum Gasteiger partial charge on any atom is -0.380 e. The smallest absolute Gasteiger partial charge is 0.254 e. The average Bonchev–Trinajstić information content (AvgIpc) is 2.63. The van der Waals surface area contributed by atoms with Crippen molar-refractivity contribution in [2.75, 3.05) is 20.2 Å². The van der Waals surface area contributed by atoms with Crippen LogP contribution < -0.4 is 0 Å². The first-order valence-electron chi connectivity index (χ1n) is 9.17. The summed E-state index contributed by atoms with van der Waals surface area (Å²) < 4.78 is 5.31. The molecule has 1 atom stereocenters. The lowest BCUT2D eigenvalue weighted by molar-refractivity contribution is 0.0704. The van der Waals surface area contributed by atoms with E-state index in [0.29, 0.717) is 13.2 Å². The molecule has 1 aliphatic rings. The van der Waals surface area contributed by atoms with Gasteiger partial charge in [-0.1, -0.05) is 17.7 Å². The minimum atomic E-state index is 0.117. The fraction of sp³-hybridized carbons (Fsp3) is 0.476. The Bertz CT molecular complexity index is 804. The Morgan fingerprint density at radius 1 is 1.31 bits per heavy atom. The van der Waals surface area contributed by atoms with Gasteiger partial charge >= 0.3 is 0 Å². The van der Waals surface area contributed by atoms with Gasteiger partial charge in [-0.2, -0.15) is 0 Å². The summed E-state index contributed by atoms with van der Waals surface area (Å²) in [6.45, 7) is 7.95. The van der Waals surface area contributed by atoms with Crippen LogP contribution in [0.2, 0.25) is 0 Å². The topological polar surface area (TPSA) is 55.3 Å². The predicted octanol–water partition coefficient (Wildman–Crippen LogP) is 3.57. The van der Waals surface area contributed by atoms with Gasteiger partial charge in [-0.15, -0.1) is 0 Å². The Morgan fingerprint density at radius 2 is 2.12 bits per heavy atom. The fourth-order valence-electron chi connectivity index (χ4n) is 3.74. The lowest BCUT2D eigenvalue weighted by Gasteiger charge is -2.33. The van der Waals surface area contributed by atoms with Gasteiger partial charge in [0.2, 0.25) is 0 Å². The summed E-state index contributed by atoms with van der Waals surface area (Å²) in [5.41, 5.74) is 5.06. The Hall–Kier alpha value is -2.27. The summed E-state index contributed by atoms with van der Waals surface area (Å²) in [6.07, 6.45) is 3.87. The third-order valence-electron chi connectivity index (χ3n) is 5.03. The fourth-order valence-corrected chi connectivity index (χ4v) is 3.74. The molecule has 1 amide bonds. The molecule has 0 radical (unpaired) electrons. The molecule has 3 rings (SSSR count). The monoisotopic (exact) mass is 353 g/mol. The summed E-state index contributed by atoms with van der Waals surface area (Å²) in [6, 6.07) is 6.02. The minimum absolute atomic E-state index is 0.117. The summed E-state index contributed by atoms with van der Waals surface area (Å²) in [5.74, 6) is 1.11. The zero-order valence-electron chi connectivity index (χ0n) is 16.1. The molecule has 1 unspecified atom stereocenters. The zero-order chi connectivity index (χ0) is 18.7. The number of amides is 1. The Morgan fingerprint density at radius 3 is 2.85 bits per heavy atom. The quantitative estimate of drug-likeness (QED) is 0.843. The number of carbonyl (C=O) groups excluding carboxylic acids is 1. The third kappa shape index (κ3) is 3.93. The molecule has 1 aromatic heterocycles. The molecule has 138 valence electrons. The summed E-state index contributed by atoms with van der Waals surface area (Å²) in [5, 5.41) is 0. The van der Waals surface area contributed by atoms with Gasteiger partial charge in [0.15, 0.2) is 0 Å². The molecule has 2 aromatic rings. The number of likely N-dealkylation sites (tertiary alicyclic amines) is 1. The number of hydrogen-bond donors (Lipinski definition) is 0. The van der Waals surface area contributed by atoms with Crippen LogP contribution in [0.25, 0.3) is 0 Å². The largest absolute Gasteiger partial charge is 0.380 e. The molecule has 0 bridgehead atoms. The van der Waals surface area contributed by atoms with Crippen molar-refractivity contribution in [3.63, 3.8) is 0 Å². The maximum absolute atomic E-state index is 13.1. The second kappa shape index (κ2) is 7.96. The number of hydrogen-bond acceptors (Lipinski definition) is 4. The number of aryl methyl sites for hydroxylation is 3. The molecule has 0 N–H and O–H groups in total. The maximum atomic E-state index is 13.1. The van der Waals surface area contributed by atoms with E-state index < -0.39 is 0 Å². The molecule has 1 aliphatic heterocycles. The van der Waals surface area contributed by atoms with Crippen LogP contribution in [0.3, 0.4) is 0 Å². The van der Waals surface area contributed by atoms with Crippen molar-refractivity contribution in [2.45, 2.75) is 46.1 Å². The molecule has 0 aliphatic carbocycles. The van der Waals surface area contributed by atoms with E-state index in [9.17, 15) is 4.79 Å². The van der Waals surface area contributed by atoms with Crippen LogP contribution >= 0.6 is 0 Å². The average molecular weight is 353 g/mol. The molecular weight excluding hydrogens is 326 g/mol. The number of benzene rings is 1. The Labute approximate surface area is 155 Å². The molecule has 1 fully saturated rings. The van der Waals surface area contributed by atoms with Gasteiger partial charge in [0, 0.05) is 43.4 Å². The van der Waals surface area contributed by atoms with Gasteiger partial charge in [0.25, 0.3) is 5.91 Å². The van der Waals surface area contributed by atoms with Crippen molar-refractivity contribution in [3.8, 4) is 0 Å². The molecule has 1 saturated heterocycles. The number of methoxy groups -OCH3 is 1. The van der Waals surface area contributed by atoms with Crippen LogP contribution in [0.1, 0.15) is 57.3 Å². The summed E-state index contributed by atoms with van der Waals surface area (Å²) in [4.78, 5) is 24.0. The van der Waals surface area contributed by atoms with Crippen molar-refractivity contribution < 1.29 is 9.53 Å². The molecule has 2 heterocycles. The predicted molar refractivity (Wildman–Crippen MR) is 101 cm³/mol. The van der Waals surface area contributed by atoms with Gasteiger partial charge < -0.3 is 9.64 Å². The van der Waals surface area contributed by atoms with Gasteiger partial charge in [-0.25, -0.2) is 9.97 Å². The molecule has 5 heteroatoms. The van der Waals surface area contributed by atoms with E-state index in [1.54, 1.807) is 7.11 Å². The van der Waals surface area contributed by atoms with E-state index in [4.69, 9.17) is 4.74 Å². The number of nitrogens with zero attached hydrogens (tertiary/aromatic N) is 3. The highest BCUT2D eigenvalue weighted by Crippen LogP contribution is 2.29. The highest BCUT2D eigenvalue weighted by molar-refractivity contribution is 5.95. The van der Waals surface area contributed by atoms with Crippen molar-refractivity contribution in [3.05, 3.63) is 58.2 Å². The summed E-state index contributed by atoms with van der Waals surface area (Å²) in [7, 11) is 1.68. The molecule has 1 aromatic carbocycles. The number of piperidine rings is 1. The van der Waals surface area contributed by atoms with Gasteiger partial charge in [-0.3, -0.25) is 4.79 Å². The Balaban J connectivity index is 1.83. The van der Waals surface area contributed by atoms with E-state index in [1.807, 2.05) is 44.0 Å². The van der Waals surface area contributed by atoms with Crippen molar-refractivity contribution >= 4 is 5.91 Å². The van der Waals surface area contributed by atoms with Crippen LogP contribution in [0.5, 0.6) is 0 Å². The number of carbonyl (C=O) groups is 1. The third-order valence-corrected chi connectivity index (χ3v) is 5.03. The Kier molecular flexibility index (Phi) is 5.67. The standard InChI is InChI=1S/C21H27N3O2/c1-14-7-8-19(15(2)10-14)21(25)24-9-5-6-17(12-24)20-18(13-26-4)11-22-16(3)23-20/h7-8,10-11,17H,5-6,9,12-13H2,1-4H3. The number of aromatic nitrogens is 2. The van der Waals surface area contributed by atoms with Gasteiger partial charge in [0.05, 0.1) is 12.3 Å². The molecule has 0 saturated carbocycles.